The fraction of sp³-hybridized carbons (Fsp3) is 0.942. The maximum absolute atomic E-state index is 12.9. The van der Waals surface area contributed by atoms with Crippen molar-refractivity contribution in [3.05, 3.63) is 12.2 Å². The normalized spacial score (nSPS) is 14.1. The molecule has 0 aromatic rings. The maximum atomic E-state index is 12.9. The standard InChI is InChI=1S/C52H105N2O6P/c1-6-8-10-12-14-16-18-20-22-24-25-26-27-28-30-31-33-35-37-39-41-43-45-51(55)50(49-60-61(57,58)59-48-47-54(3,4)5)53-52(56)46-44-42-40-38-36-34-32-29-23-21-19-17-15-13-11-9-7-2/h43,45,50-51,55H,6-42,44,46-49H2,1-5H3,(H-,53,56,57,58)/b45-43+. The highest BCUT2D eigenvalue weighted by molar-refractivity contribution is 7.45. The molecule has 3 atom stereocenters. The number of carbonyl (C=O) groups excluding carboxylic acids is 1. The smallest absolute Gasteiger partial charge is 0.268 e. The minimum absolute atomic E-state index is 0.00252. The third-order valence-electron chi connectivity index (χ3n) is 12.2. The number of allylic oxidation sites excluding steroid dienone is 1. The predicted molar refractivity (Wildman–Crippen MR) is 261 cm³/mol. The Kier molecular flexibility index (Phi) is 43.9. The lowest BCUT2D eigenvalue weighted by atomic mass is 10.0. The molecule has 0 spiro atoms. The molecule has 0 radical (unpaired) electrons. The van der Waals surface area contributed by atoms with E-state index in [1.165, 1.54) is 205 Å². The van der Waals surface area contributed by atoms with Crippen molar-refractivity contribution in [3.8, 4) is 0 Å². The molecular weight excluding hydrogens is 780 g/mol. The number of rotatable bonds is 49. The SMILES string of the molecule is CCCCCCCCCCCCCCCCCCCCCC/C=C/C(O)C(COP(=O)([O-])OCC[N+](C)(C)C)NC(=O)CCCCCCCCCCCCCCCCCCC. The highest BCUT2D eigenvalue weighted by Gasteiger charge is 2.23. The highest BCUT2D eigenvalue weighted by Crippen LogP contribution is 2.38. The number of phosphoric acid groups is 1. The van der Waals surface area contributed by atoms with Gasteiger partial charge < -0.3 is 28.8 Å². The Balaban J connectivity index is 4.25. The van der Waals surface area contributed by atoms with Gasteiger partial charge in [0.05, 0.1) is 39.9 Å². The van der Waals surface area contributed by atoms with Crippen LogP contribution in [0.4, 0.5) is 0 Å². The first kappa shape index (κ1) is 60.2. The van der Waals surface area contributed by atoms with E-state index in [-0.39, 0.29) is 19.1 Å². The number of unbranched alkanes of at least 4 members (excludes halogenated alkanes) is 36. The number of carbonyl (C=O) groups is 1. The summed E-state index contributed by atoms with van der Waals surface area (Å²) in [6.07, 6.45) is 52.7. The second-order valence-corrected chi connectivity index (χ2v) is 21.0. The number of quaternary nitrogens is 1. The van der Waals surface area contributed by atoms with E-state index in [2.05, 4.69) is 19.2 Å². The van der Waals surface area contributed by atoms with E-state index in [9.17, 15) is 19.4 Å². The van der Waals surface area contributed by atoms with Crippen LogP contribution >= 0.6 is 7.82 Å². The minimum Gasteiger partial charge on any atom is -0.756 e. The van der Waals surface area contributed by atoms with Gasteiger partial charge in [0, 0.05) is 6.42 Å². The monoisotopic (exact) mass is 885 g/mol. The van der Waals surface area contributed by atoms with E-state index < -0.39 is 20.0 Å². The van der Waals surface area contributed by atoms with Gasteiger partial charge in [0.15, 0.2) is 0 Å². The van der Waals surface area contributed by atoms with Gasteiger partial charge in [0.25, 0.3) is 7.82 Å². The van der Waals surface area contributed by atoms with E-state index in [0.717, 1.165) is 38.5 Å². The lowest BCUT2D eigenvalue weighted by Crippen LogP contribution is -2.45. The Morgan fingerprint density at radius 1 is 0.557 bits per heavy atom. The molecule has 0 aromatic heterocycles. The zero-order valence-electron chi connectivity index (χ0n) is 41.4. The minimum atomic E-state index is -4.59. The number of hydrogen-bond acceptors (Lipinski definition) is 6. The van der Waals surface area contributed by atoms with Crippen molar-refractivity contribution in [2.45, 2.75) is 276 Å². The van der Waals surface area contributed by atoms with Crippen molar-refractivity contribution in [2.24, 2.45) is 0 Å². The molecule has 9 heteroatoms. The number of hydrogen-bond donors (Lipinski definition) is 2. The van der Waals surface area contributed by atoms with Crippen molar-refractivity contribution in [1.29, 1.82) is 0 Å². The molecule has 2 N–H and O–H groups in total. The van der Waals surface area contributed by atoms with Gasteiger partial charge in [-0.1, -0.05) is 251 Å². The van der Waals surface area contributed by atoms with Crippen LogP contribution in [0, 0.1) is 0 Å². The van der Waals surface area contributed by atoms with Crippen molar-refractivity contribution in [3.63, 3.8) is 0 Å². The summed E-state index contributed by atoms with van der Waals surface area (Å²) < 4.78 is 23.3. The van der Waals surface area contributed by atoms with E-state index >= 15 is 0 Å². The van der Waals surface area contributed by atoms with E-state index in [1.54, 1.807) is 6.08 Å². The highest BCUT2D eigenvalue weighted by atomic mass is 31.2. The van der Waals surface area contributed by atoms with Crippen LogP contribution in [-0.2, 0) is 18.4 Å². The lowest BCUT2D eigenvalue weighted by molar-refractivity contribution is -0.870. The quantitative estimate of drug-likeness (QED) is 0.0273. The van der Waals surface area contributed by atoms with Gasteiger partial charge in [-0.05, 0) is 19.3 Å². The van der Waals surface area contributed by atoms with Crippen LogP contribution < -0.4 is 10.2 Å². The van der Waals surface area contributed by atoms with E-state index in [1.807, 2.05) is 27.2 Å². The number of nitrogens with one attached hydrogen (secondary N) is 1. The summed E-state index contributed by atoms with van der Waals surface area (Å²) in [5.41, 5.74) is 0. The molecule has 3 unspecified atom stereocenters. The first-order valence-electron chi connectivity index (χ1n) is 26.6. The molecule has 0 bridgehead atoms. The number of likely N-dealkylation sites (N-methyl/N-ethyl adjacent to an activating group) is 1. The van der Waals surface area contributed by atoms with Gasteiger partial charge in [-0.2, -0.15) is 0 Å². The number of aliphatic hydroxyl groups excluding tert-OH is 1. The van der Waals surface area contributed by atoms with Crippen LogP contribution in [0.1, 0.15) is 264 Å². The third kappa shape index (κ3) is 47.0. The topological polar surface area (TPSA) is 108 Å². The summed E-state index contributed by atoms with van der Waals surface area (Å²) in [6.45, 7) is 4.69. The Bertz CT molecular complexity index is 1000. The number of amides is 1. The summed E-state index contributed by atoms with van der Waals surface area (Å²) in [5, 5.41) is 13.9. The largest absolute Gasteiger partial charge is 0.756 e. The third-order valence-corrected chi connectivity index (χ3v) is 13.2. The number of aliphatic hydroxyl groups is 1. The van der Waals surface area contributed by atoms with Crippen LogP contribution in [0.15, 0.2) is 12.2 Å². The van der Waals surface area contributed by atoms with E-state index in [0.29, 0.717) is 17.4 Å². The summed E-state index contributed by atoms with van der Waals surface area (Å²) in [5.74, 6) is -0.192. The van der Waals surface area contributed by atoms with Gasteiger partial charge in [-0.15, -0.1) is 0 Å². The zero-order valence-corrected chi connectivity index (χ0v) is 42.3. The molecule has 0 aromatic carbocycles. The summed E-state index contributed by atoms with van der Waals surface area (Å²) in [4.78, 5) is 25.4. The molecular formula is C52H105N2O6P. The molecule has 0 fully saturated rings. The van der Waals surface area contributed by atoms with Crippen molar-refractivity contribution < 1.29 is 32.9 Å². The molecule has 0 heterocycles. The average Bonchev–Trinajstić information content (AvgIpc) is 3.21. The lowest BCUT2D eigenvalue weighted by Gasteiger charge is -2.29. The first-order valence-corrected chi connectivity index (χ1v) is 28.0. The Morgan fingerprint density at radius 3 is 1.23 bits per heavy atom. The molecule has 364 valence electrons. The van der Waals surface area contributed by atoms with Crippen molar-refractivity contribution >= 4 is 13.7 Å². The maximum Gasteiger partial charge on any atom is 0.268 e. The Hall–Kier alpha value is -0.760. The molecule has 8 nitrogen and oxygen atoms in total. The summed E-state index contributed by atoms with van der Waals surface area (Å²) in [6, 6.07) is -0.881. The van der Waals surface area contributed by atoms with Crippen LogP contribution in [0.25, 0.3) is 0 Å². The predicted octanol–water partition coefficient (Wildman–Crippen LogP) is 14.8. The van der Waals surface area contributed by atoms with Crippen LogP contribution in [0.5, 0.6) is 0 Å². The fourth-order valence-electron chi connectivity index (χ4n) is 8.04. The zero-order chi connectivity index (χ0) is 45.0. The molecule has 0 rings (SSSR count). The van der Waals surface area contributed by atoms with Gasteiger partial charge in [-0.3, -0.25) is 9.36 Å². The molecule has 0 saturated heterocycles. The summed E-state index contributed by atoms with van der Waals surface area (Å²) >= 11 is 0. The Labute approximate surface area is 380 Å². The Morgan fingerprint density at radius 2 is 0.885 bits per heavy atom. The van der Waals surface area contributed by atoms with Gasteiger partial charge in [-0.25, -0.2) is 0 Å². The van der Waals surface area contributed by atoms with Gasteiger partial charge in [0.2, 0.25) is 5.91 Å². The number of nitrogens with zero attached hydrogens (tertiary/aromatic N) is 1. The van der Waals surface area contributed by atoms with Gasteiger partial charge >= 0.3 is 0 Å². The molecule has 0 saturated carbocycles. The molecule has 0 aliphatic heterocycles. The second-order valence-electron chi connectivity index (χ2n) is 19.6. The molecule has 0 aliphatic rings. The van der Waals surface area contributed by atoms with E-state index in [4.69, 9.17) is 9.05 Å². The van der Waals surface area contributed by atoms with Crippen molar-refractivity contribution in [1.82, 2.24) is 5.32 Å². The first-order chi connectivity index (χ1) is 29.5. The number of phosphoric ester groups is 1. The molecule has 1 amide bonds. The van der Waals surface area contributed by atoms with Crippen LogP contribution in [0.3, 0.4) is 0 Å². The average molecular weight is 885 g/mol. The summed E-state index contributed by atoms with van der Waals surface area (Å²) in [7, 11) is 1.28. The second kappa shape index (κ2) is 44.4. The molecule has 61 heavy (non-hydrogen) atoms. The van der Waals surface area contributed by atoms with Crippen molar-refractivity contribution in [2.75, 3.05) is 40.9 Å². The molecule has 0 aliphatic carbocycles. The van der Waals surface area contributed by atoms with Crippen LogP contribution in [0.2, 0.25) is 0 Å². The van der Waals surface area contributed by atoms with Crippen LogP contribution in [-0.4, -0.2) is 68.5 Å². The fourth-order valence-corrected chi connectivity index (χ4v) is 8.76. The van der Waals surface area contributed by atoms with Gasteiger partial charge in [0.1, 0.15) is 13.2 Å².